The Hall–Kier alpha value is -0.380. The van der Waals surface area contributed by atoms with E-state index in [2.05, 4.69) is 4.18 Å². The van der Waals surface area contributed by atoms with E-state index >= 15 is 0 Å². The highest BCUT2D eigenvalue weighted by Gasteiger charge is 2.47. The van der Waals surface area contributed by atoms with E-state index < -0.39 is 27.8 Å². The van der Waals surface area contributed by atoms with Crippen LogP contribution in [0.2, 0.25) is 0 Å². The molecule has 0 aromatic rings. The lowest BCUT2D eigenvalue weighted by Crippen LogP contribution is -2.43. The average molecular weight is 237 g/mol. The van der Waals surface area contributed by atoms with E-state index in [0.29, 0.717) is 0 Å². The molecule has 5 nitrogen and oxygen atoms in total. The summed E-state index contributed by atoms with van der Waals surface area (Å²) in [5.74, 6) is 0. The summed E-state index contributed by atoms with van der Waals surface area (Å²) in [6.07, 6.45) is 0. The molecule has 0 fully saturated rings. The number of hydroxylamine groups is 1. The number of halogens is 3. The molecule has 0 spiro atoms. The molecule has 0 saturated carbocycles. The minimum atomic E-state index is -5.59. The van der Waals surface area contributed by atoms with Crippen molar-refractivity contribution in [2.24, 2.45) is 0 Å². The SMILES string of the molecule is CC(C)(COS(=O)(=O)C(F)(F)F)NO. The third-order valence-electron chi connectivity index (χ3n) is 1.16. The van der Waals surface area contributed by atoms with Crippen LogP contribution in [0.3, 0.4) is 0 Å². The van der Waals surface area contributed by atoms with E-state index in [1.165, 1.54) is 13.8 Å². The van der Waals surface area contributed by atoms with Gasteiger partial charge in [0.1, 0.15) is 0 Å². The second-order valence-electron chi connectivity index (χ2n) is 3.16. The molecular formula is C5H10F3NO4S. The molecule has 9 heteroatoms. The lowest BCUT2D eigenvalue weighted by molar-refractivity contribution is -0.0572. The highest BCUT2D eigenvalue weighted by atomic mass is 32.2. The van der Waals surface area contributed by atoms with Gasteiger partial charge in [-0.25, -0.2) is 0 Å². The third-order valence-corrected chi connectivity index (χ3v) is 2.16. The fraction of sp³-hybridized carbons (Fsp3) is 1.00. The molecule has 14 heavy (non-hydrogen) atoms. The molecule has 0 bridgehead atoms. The molecule has 0 heterocycles. The van der Waals surface area contributed by atoms with Crippen molar-refractivity contribution < 1.29 is 31.0 Å². The molecule has 0 aromatic heterocycles. The predicted molar refractivity (Wildman–Crippen MR) is 39.9 cm³/mol. The summed E-state index contributed by atoms with van der Waals surface area (Å²) in [5, 5.41) is 8.39. The third kappa shape index (κ3) is 3.78. The smallest absolute Gasteiger partial charge is 0.316 e. The Morgan fingerprint density at radius 3 is 2.07 bits per heavy atom. The fourth-order valence-corrected chi connectivity index (χ4v) is 0.907. The normalized spacial score (nSPS) is 14.4. The van der Waals surface area contributed by atoms with E-state index in [4.69, 9.17) is 5.21 Å². The Balaban J connectivity index is 4.43. The van der Waals surface area contributed by atoms with Crippen LogP contribution in [0, 0.1) is 0 Å². The summed E-state index contributed by atoms with van der Waals surface area (Å²) >= 11 is 0. The minimum Gasteiger partial charge on any atom is -0.316 e. The summed E-state index contributed by atoms with van der Waals surface area (Å²) in [6, 6.07) is 0. The van der Waals surface area contributed by atoms with Gasteiger partial charge in [0.15, 0.2) is 0 Å². The van der Waals surface area contributed by atoms with E-state index in [0.717, 1.165) is 0 Å². The zero-order valence-electron chi connectivity index (χ0n) is 7.42. The van der Waals surface area contributed by atoms with Gasteiger partial charge in [-0.05, 0) is 13.8 Å². The number of hydrogen-bond donors (Lipinski definition) is 2. The molecule has 2 N–H and O–H groups in total. The lowest BCUT2D eigenvalue weighted by atomic mass is 10.1. The standard InChI is InChI=1S/C5H10F3NO4S/c1-4(2,9-10)3-13-14(11,12)5(6,7)8/h9-10H,3H2,1-2H3. The average Bonchev–Trinajstić information content (AvgIpc) is 1.99. The quantitative estimate of drug-likeness (QED) is 0.425. The molecule has 0 aromatic carbocycles. The summed E-state index contributed by atoms with van der Waals surface area (Å²) < 4.78 is 59.5. The number of hydrogen-bond acceptors (Lipinski definition) is 5. The van der Waals surface area contributed by atoms with E-state index in [-0.39, 0.29) is 0 Å². The second kappa shape index (κ2) is 4.01. The molecule has 0 aliphatic heterocycles. The fourth-order valence-electron chi connectivity index (χ4n) is 0.324. The largest absolute Gasteiger partial charge is 0.523 e. The van der Waals surface area contributed by atoms with Crippen molar-refractivity contribution in [1.82, 2.24) is 5.48 Å². The molecule has 0 atom stereocenters. The summed E-state index contributed by atoms with van der Waals surface area (Å²) in [6.45, 7) is 1.70. The topological polar surface area (TPSA) is 75.6 Å². The van der Waals surface area contributed by atoms with Crippen LogP contribution < -0.4 is 5.48 Å². The van der Waals surface area contributed by atoms with E-state index in [1.807, 2.05) is 0 Å². The van der Waals surface area contributed by atoms with Crippen molar-refractivity contribution >= 4 is 10.1 Å². The predicted octanol–water partition coefficient (Wildman–Crippen LogP) is 0.610. The first-order chi connectivity index (χ1) is 6.02. The van der Waals surface area contributed by atoms with Crippen LogP contribution >= 0.6 is 0 Å². The molecule has 0 aliphatic rings. The molecule has 0 amide bonds. The molecule has 86 valence electrons. The van der Waals surface area contributed by atoms with Gasteiger partial charge in [-0.3, -0.25) is 4.18 Å². The molecule has 0 aliphatic carbocycles. The minimum absolute atomic E-state index is 0.828. The number of alkyl halides is 3. The zero-order chi connectivity index (χ0) is 11.6. The highest BCUT2D eigenvalue weighted by molar-refractivity contribution is 7.87. The monoisotopic (exact) mass is 237 g/mol. The first-order valence-electron chi connectivity index (χ1n) is 3.39. The van der Waals surface area contributed by atoms with Gasteiger partial charge >= 0.3 is 15.6 Å². The summed E-state index contributed by atoms with van der Waals surface area (Å²) in [4.78, 5) is 0. The Kier molecular flexibility index (Phi) is 3.90. The second-order valence-corrected chi connectivity index (χ2v) is 4.76. The van der Waals surface area contributed by atoms with Crippen LogP contribution in [0.4, 0.5) is 13.2 Å². The van der Waals surface area contributed by atoms with Crippen molar-refractivity contribution in [2.45, 2.75) is 24.9 Å². The van der Waals surface area contributed by atoms with Crippen molar-refractivity contribution in [1.29, 1.82) is 0 Å². The highest BCUT2D eigenvalue weighted by Crippen LogP contribution is 2.25. The zero-order valence-corrected chi connectivity index (χ0v) is 8.24. The first kappa shape index (κ1) is 13.6. The number of nitrogens with one attached hydrogen (secondary N) is 1. The van der Waals surface area contributed by atoms with E-state index in [9.17, 15) is 21.6 Å². The van der Waals surface area contributed by atoms with Gasteiger partial charge in [-0.2, -0.15) is 27.1 Å². The maximum atomic E-state index is 11.7. The van der Waals surface area contributed by atoms with Crippen LogP contribution in [0.25, 0.3) is 0 Å². The van der Waals surface area contributed by atoms with Gasteiger partial charge in [-0.15, -0.1) is 0 Å². The molecular weight excluding hydrogens is 227 g/mol. The first-order valence-corrected chi connectivity index (χ1v) is 4.80. The molecule has 0 rings (SSSR count). The van der Waals surface area contributed by atoms with Crippen molar-refractivity contribution in [2.75, 3.05) is 6.61 Å². The van der Waals surface area contributed by atoms with Gasteiger partial charge < -0.3 is 5.21 Å². The van der Waals surface area contributed by atoms with E-state index in [1.54, 1.807) is 5.48 Å². The van der Waals surface area contributed by atoms with Crippen molar-refractivity contribution in [3.63, 3.8) is 0 Å². The van der Waals surface area contributed by atoms with Gasteiger partial charge in [0.25, 0.3) is 0 Å². The molecule has 0 unspecified atom stereocenters. The lowest BCUT2D eigenvalue weighted by Gasteiger charge is -2.21. The van der Waals surface area contributed by atoms with Crippen molar-refractivity contribution in [3.05, 3.63) is 0 Å². The van der Waals surface area contributed by atoms with Gasteiger partial charge in [0.05, 0.1) is 12.1 Å². The maximum Gasteiger partial charge on any atom is 0.523 e. The van der Waals surface area contributed by atoms with Gasteiger partial charge in [-0.1, -0.05) is 0 Å². The Labute approximate surface area is 78.9 Å². The van der Waals surface area contributed by atoms with Crippen molar-refractivity contribution in [3.8, 4) is 0 Å². The maximum absolute atomic E-state index is 11.7. The van der Waals surface area contributed by atoms with Crippen LogP contribution in [0.15, 0.2) is 0 Å². The Morgan fingerprint density at radius 1 is 1.36 bits per heavy atom. The van der Waals surface area contributed by atoms with Crippen LogP contribution in [0.1, 0.15) is 13.8 Å². The van der Waals surface area contributed by atoms with Crippen LogP contribution in [0.5, 0.6) is 0 Å². The molecule has 0 saturated heterocycles. The van der Waals surface area contributed by atoms with Crippen LogP contribution in [-0.4, -0.2) is 31.3 Å². The van der Waals surface area contributed by atoms with Gasteiger partial charge in [0, 0.05) is 0 Å². The van der Waals surface area contributed by atoms with Crippen LogP contribution in [-0.2, 0) is 14.3 Å². The summed E-state index contributed by atoms with van der Waals surface area (Å²) in [5.41, 5.74) is -5.12. The van der Waals surface area contributed by atoms with Gasteiger partial charge in [0.2, 0.25) is 0 Å². The molecule has 0 radical (unpaired) electrons. The summed E-state index contributed by atoms with van der Waals surface area (Å²) in [7, 11) is -5.59. The number of rotatable bonds is 4. The Morgan fingerprint density at radius 2 is 1.79 bits per heavy atom. The Bertz CT molecular complexity index is 284.